The second-order valence-electron chi connectivity index (χ2n) is 5.96. The molecule has 1 fully saturated rings. The van der Waals surface area contributed by atoms with Gasteiger partial charge in [0.2, 0.25) is 5.91 Å². The first-order valence-corrected chi connectivity index (χ1v) is 7.85. The van der Waals surface area contributed by atoms with Crippen molar-refractivity contribution in [3.05, 3.63) is 53.6 Å². The van der Waals surface area contributed by atoms with Gasteiger partial charge in [-0.05, 0) is 37.6 Å². The molecule has 1 aliphatic heterocycles. The molecule has 5 nitrogen and oxygen atoms in total. The van der Waals surface area contributed by atoms with Crippen LogP contribution in [-0.2, 0) is 9.59 Å². The summed E-state index contributed by atoms with van der Waals surface area (Å²) in [5.41, 5.74) is 3.56. The van der Waals surface area contributed by atoms with E-state index in [2.05, 4.69) is 5.32 Å². The molecule has 0 saturated carbocycles. The number of hydrogen-bond donors (Lipinski definition) is 1. The van der Waals surface area contributed by atoms with Crippen molar-refractivity contribution in [2.24, 2.45) is 0 Å². The number of nitrogens with one attached hydrogen (secondary N) is 1. The molecule has 0 aliphatic carbocycles. The lowest BCUT2D eigenvalue weighted by atomic mass is 10.1. The van der Waals surface area contributed by atoms with Crippen molar-refractivity contribution in [2.45, 2.75) is 26.3 Å². The van der Waals surface area contributed by atoms with Crippen molar-refractivity contribution in [1.82, 2.24) is 0 Å². The summed E-state index contributed by atoms with van der Waals surface area (Å²) in [6.45, 7) is 4.00. The molecular weight excluding hydrogens is 304 g/mol. The van der Waals surface area contributed by atoms with Gasteiger partial charge in [-0.25, -0.2) is 4.90 Å². The zero-order valence-electron chi connectivity index (χ0n) is 14.0. The van der Waals surface area contributed by atoms with E-state index >= 15 is 0 Å². The Labute approximate surface area is 141 Å². The summed E-state index contributed by atoms with van der Waals surface area (Å²) in [7, 11) is 1.52. The first kappa shape index (κ1) is 16.1. The SMILES string of the molecule is COc1ccccc1N1C(=O)CC(Nc2ccc(C)cc2C)C1=O. The summed E-state index contributed by atoms with van der Waals surface area (Å²) < 4.78 is 5.27. The minimum absolute atomic E-state index is 0.129. The maximum absolute atomic E-state index is 12.8. The van der Waals surface area contributed by atoms with Crippen LogP contribution in [0.5, 0.6) is 5.75 Å². The highest BCUT2D eigenvalue weighted by atomic mass is 16.5. The van der Waals surface area contributed by atoms with E-state index < -0.39 is 6.04 Å². The molecule has 3 rings (SSSR count). The summed E-state index contributed by atoms with van der Waals surface area (Å²) in [6.07, 6.45) is 0.129. The predicted molar refractivity (Wildman–Crippen MR) is 93.4 cm³/mol. The van der Waals surface area contributed by atoms with E-state index in [1.165, 1.54) is 12.0 Å². The minimum Gasteiger partial charge on any atom is -0.495 e. The second kappa shape index (κ2) is 6.35. The largest absolute Gasteiger partial charge is 0.495 e. The molecule has 2 aromatic rings. The molecule has 24 heavy (non-hydrogen) atoms. The van der Waals surface area contributed by atoms with Crippen LogP contribution < -0.4 is 15.0 Å². The zero-order chi connectivity index (χ0) is 17.3. The lowest BCUT2D eigenvalue weighted by molar-refractivity contribution is -0.121. The van der Waals surface area contributed by atoms with Gasteiger partial charge in [-0.2, -0.15) is 0 Å². The predicted octanol–water partition coefficient (Wildman–Crippen LogP) is 3.06. The van der Waals surface area contributed by atoms with E-state index in [-0.39, 0.29) is 18.2 Å². The number of hydrogen-bond acceptors (Lipinski definition) is 4. The number of aryl methyl sites for hydroxylation is 2. The third kappa shape index (κ3) is 2.85. The monoisotopic (exact) mass is 324 g/mol. The molecule has 2 amide bonds. The molecule has 0 aromatic heterocycles. The van der Waals surface area contributed by atoms with Crippen LogP contribution in [0.4, 0.5) is 11.4 Å². The fourth-order valence-electron chi connectivity index (χ4n) is 2.98. The Bertz CT molecular complexity index is 801. The van der Waals surface area contributed by atoms with Crippen LogP contribution in [0.2, 0.25) is 0 Å². The summed E-state index contributed by atoms with van der Waals surface area (Å²) >= 11 is 0. The van der Waals surface area contributed by atoms with E-state index in [0.717, 1.165) is 16.8 Å². The first-order valence-electron chi connectivity index (χ1n) is 7.85. The second-order valence-corrected chi connectivity index (χ2v) is 5.96. The molecule has 0 radical (unpaired) electrons. The van der Waals surface area contributed by atoms with Gasteiger partial charge in [0.25, 0.3) is 5.91 Å². The van der Waals surface area contributed by atoms with E-state index in [9.17, 15) is 9.59 Å². The van der Waals surface area contributed by atoms with Gasteiger partial charge in [-0.15, -0.1) is 0 Å². The fourth-order valence-corrected chi connectivity index (χ4v) is 2.98. The van der Waals surface area contributed by atoms with Gasteiger partial charge in [-0.1, -0.05) is 29.8 Å². The van der Waals surface area contributed by atoms with Gasteiger partial charge in [0, 0.05) is 5.69 Å². The number of amides is 2. The normalized spacial score (nSPS) is 17.3. The number of rotatable bonds is 4. The average molecular weight is 324 g/mol. The third-order valence-corrected chi connectivity index (χ3v) is 4.18. The van der Waals surface area contributed by atoms with Crippen molar-refractivity contribution in [1.29, 1.82) is 0 Å². The molecule has 2 aromatic carbocycles. The lowest BCUT2D eigenvalue weighted by Crippen LogP contribution is -2.35. The van der Waals surface area contributed by atoms with Crippen LogP contribution in [0.25, 0.3) is 0 Å². The van der Waals surface area contributed by atoms with Crippen molar-refractivity contribution < 1.29 is 14.3 Å². The smallest absolute Gasteiger partial charge is 0.256 e. The topological polar surface area (TPSA) is 58.6 Å². The van der Waals surface area contributed by atoms with Gasteiger partial charge in [0.15, 0.2) is 0 Å². The van der Waals surface area contributed by atoms with Gasteiger partial charge >= 0.3 is 0 Å². The van der Waals surface area contributed by atoms with E-state index in [1.54, 1.807) is 24.3 Å². The Balaban J connectivity index is 1.86. The molecule has 1 saturated heterocycles. The summed E-state index contributed by atoms with van der Waals surface area (Å²) in [6, 6.07) is 12.4. The van der Waals surface area contributed by atoms with Crippen LogP contribution in [0.3, 0.4) is 0 Å². The van der Waals surface area contributed by atoms with E-state index in [4.69, 9.17) is 4.74 Å². The van der Waals surface area contributed by atoms with Crippen LogP contribution in [0.1, 0.15) is 17.5 Å². The fraction of sp³-hybridized carbons (Fsp3) is 0.263. The molecule has 5 heteroatoms. The number of anilines is 2. The summed E-state index contributed by atoms with van der Waals surface area (Å²) in [4.78, 5) is 26.4. The quantitative estimate of drug-likeness (QED) is 0.878. The Morgan fingerprint density at radius 1 is 1.12 bits per heavy atom. The highest BCUT2D eigenvalue weighted by Crippen LogP contribution is 2.32. The molecule has 1 aliphatic rings. The van der Waals surface area contributed by atoms with Crippen molar-refractivity contribution in [3.8, 4) is 5.75 Å². The Morgan fingerprint density at radius 2 is 1.88 bits per heavy atom. The molecule has 1 atom stereocenters. The van der Waals surface area contributed by atoms with Gasteiger partial charge < -0.3 is 10.1 Å². The number of benzene rings is 2. The van der Waals surface area contributed by atoms with E-state index in [0.29, 0.717) is 11.4 Å². The number of para-hydroxylation sites is 2. The maximum Gasteiger partial charge on any atom is 0.256 e. The van der Waals surface area contributed by atoms with Crippen molar-refractivity contribution in [3.63, 3.8) is 0 Å². The van der Waals surface area contributed by atoms with Crippen LogP contribution in [0, 0.1) is 13.8 Å². The standard InChI is InChI=1S/C19H20N2O3/c1-12-8-9-14(13(2)10-12)20-15-11-18(22)21(19(15)23)16-6-4-5-7-17(16)24-3/h4-10,15,20H,11H2,1-3H3. The highest BCUT2D eigenvalue weighted by molar-refractivity contribution is 6.23. The van der Waals surface area contributed by atoms with Gasteiger partial charge in [0.1, 0.15) is 11.8 Å². The minimum atomic E-state index is -0.566. The molecule has 0 spiro atoms. The first-order chi connectivity index (χ1) is 11.5. The van der Waals surface area contributed by atoms with Crippen molar-refractivity contribution >= 4 is 23.2 Å². The summed E-state index contributed by atoms with van der Waals surface area (Å²) in [5.74, 6) is 0.0163. The molecule has 1 unspecified atom stereocenters. The third-order valence-electron chi connectivity index (χ3n) is 4.18. The number of methoxy groups -OCH3 is 1. The van der Waals surface area contributed by atoms with E-state index in [1.807, 2.05) is 32.0 Å². The number of carbonyl (C=O) groups is 2. The van der Waals surface area contributed by atoms with Crippen LogP contribution >= 0.6 is 0 Å². The summed E-state index contributed by atoms with van der Waals surface area (Å²) in [5, 5.41) is 3.20. The number of carbonyl (C=O) groups excluding carboxylic acids is 2. The molecule has 0 bridgehead atoms. The van der Waals surface area contributed by atoms with Crippen LogP contribution in [-0.4, -0.2) is 25.0 Å². The lowest BCUT2D eigenvalue weighted by Gasteiger charge is -2.19. The Hall–Kier alpha value is -2.82. The van der Waals surface area contributed by atoms with Crippen LogP contribution in [0.15, 0.2) is 42.5 Å². The molecular formula is C19H20N2O3. The molecule has 1 N–H and O–H groups in total. The molecule has 1 heterocycles. The van der Waals surface area contributed by atoms with Gasteiger partial charge in [0.05, 0.1) is 19.2 Å². The number of ether oxygens (including phenoxy) is 1. The Morgan fingerprint density at radius 3 is 2.58 bits per heavy atom. The molecule has 124 valence electrons. The number of imide groups is 1. The maximum atomic E-state index is 12.8. The van der Waals surface area contributed by atoms with Crippen molar-refractivity contribution in [2.75, 3.05) is 17.3 Å². The Kier molecular flexibility index (Phi) is 4.25. The van der Waals surface area contributed by atoms with Gasteiger partial charge in [-0.3, -0.25) is 9.59 Å². The highest BCUT2D eigenvalue weighted by Gasteiger charge is 2.40. The zero-order valence-corrected chi connectivity index (χ0v) is 14.0. The average Bonchev–Trinajstić information content (AvgIpc) is 2.84. The number of nitrogens with zero attached hydrogens (tertiary/aromatic N) is 1.